The Bertz CT molecular complexity index is 790. The highest BCUT2D eigenvalue weighted by atomic mass is 127. The van der Waals surface area contributed by atoms with Gasteiger partial charge in [0.1, 0.15) is 0 Å². The second kappa shape index (κ2) is 6.12. The van der Waals surface area contributed by atoms with Gasteiger partial charge in [-0.3, -0.25) is 9.59 Å². The van der Waals surface area contributed by atoms with Crippen molar-refractivity contribution in [1.82, 2.24) is 5.01 Å². The average molecular weight is 452 g/mol. The minimum atomic E-state index is -0.231. The first-order chi connectivity index (χ1) is 12.0. The van der Waals surface area contributed by atoms with Gasteiger partial charge in [0.25, 0.3) is 11.8 Å². The van der Waals surface area contributed by atoms with Gasteiger partial charge >= 0.3 is 0 Å². The minimum Gasteiger partial charge on any atom is -0.493 e. The van der Waals surface area contributed by atoms with E-state index < -0.39 is 0 Å². The molecule has 1 heterocycles. The number of fused-ring (bicyclic) bond motifs is 5. The zero-order valence-corrected chi connectivity index (χ0v) is 16.0. The summed E-state index contributed by atoms with van der Waals surface area (Å²) in [5.41, 5.74) is 0.737. The lowest BCUT2D eigenvalue weighted by atomic mass is 9.85. The summed E-state index contributed by atoms with van der Waals surface area (Å²) >= 11 is 2.14. The van der Waals surface area contributed by atoms with Crippen molar-refractivity contribution in [1.29, 1.82) is 0 Å². The number of amides is 2. The van der Waals surface area contributed by atoms with Crippen LogP contribution in [0.2, 0.25) is 0 Å². The van der Waals surface area contributed by atoms with E-state index >= 15 is 0 Å². The summed E-state index contributed by atoms with van der Waals surface area (Å²) in [6.07, 6.45) is 6.58. The summed E-state index contributed by atoms with van der Waals surface area (Å²) in [6, 6.07) is 3.63. The molecule has 0 radical (unpaired) electrons. The molecule has 0 spiro atoms. The Labute approximate surface area is 159 Å². The SMILES string of the molecule is COc1cc(/C=N\N2C(=O)[C@@H]3[C@H](C2=O)[C@H]2C=C[C@H]3C2)cc(I)c1OC. The molecular weight excluding hydrogens is 435 g/mol. The Morgan fingerprint density at radius 1 is 1.12 bits per heavy atom. The van der Waals surface area contributed by atoms with E-state index in [1.807, 2.05) is 6.07 Å². The van der Waals surface area contributed by atoms with Gasteiger partial charge in [0, 0.05) is 0 Å². The van der Waals surface area contributed by atoms with Crippen LogP contribution >= 0.6 is 22.6 Å². The third-order valence-electron chi connectivity index (χ3n) is 5.23. The standard InChI is InChI=1S/C18H17IN2O4/c1-24-13-6-9(5-12(19)16(13)25-2)8-20-21-17(22)14-10-3-4-11(7-10)15(14)18(21)23/h3-6,8,10-11,14-15H,7H2,1-2H3/b20-8-/t10-,11-,14-,15+/m0/s1. The van der Waals surface area contributed by atoms with Crippen LogP contribution in [0, 0.1) is 27.2 Å². The van der Waals surface area contributed by atoms with Crippen LogP contribution in [-0.2, 0) is 9.59 Å². The molecule has 2 amide bonds. The van der Waals surface area contributed by atoms with Crippen LogP contribution in [-0.4, -0.2) is 37.3 Å². The fourth-order valence-corrected chi connectivity index (χ4v) is 4.98. The highest BCUT2D eigenvalue weighted by Crippen LogP contribution is 2.52. The zero-order valence-electron chi connectivity index (χ0n) is 13.8. The molecule has 1 aliphatic heterocycles. The molecule has 25 heavy (non-hydrogen) atoms. The third kappa shape index (κ3) is 2.47. The highest BCUT2D eigenvalue weighted by molar-refractivity contribution is 14.1. The number of carbonyl (C=O) groups excluding carboxylic acids is 2. The lowest BCUT2D eigenvalue weighted by Gasteiger charge is -2.13. The molecule has 2 aliphatic carbocycles. The predicted octanol–water partition coefficient (Wildman–Crippen LogP) is 2.45. The Hall–Kier alpha value is -1.90. The maximum Gasteiger partial charge on any atom is 0.254 e. The number of methoxy groups -OCH3 is 2. The molecule has 4 atom stereocenters. The number of benzene rings is 1. The van der Waals surface area contributed by atoms with E-state index in [4.69, 9.17) is 9.47 Å². The highest BCUT2D eigenvalue weighted by Gasteiger charge is 2.59. The first-order valence-corrected chi connectivity index (χ1v) is 9.14. The van der Waals surface area contributed by atoms with Gasteiger partial charge in [0.2, 0.25) is 0 Å². The molecule has 0 aromatic heterocycles. The van der Waals surface area contributed by atoms with Gasteiger partial charge in [-0.15, -0.1) is 0 Å². The summed E-state index contributed by atoms with van der Waals surface area (Å²) in [5, 5.41) is 5.24. The molecule has 130 valence electrons. The smallest absolute Gasteiger partial charge is 0.254 e. The van der Waals surface area contributed by atoms with Crippen molar-refractivity contribution in [2.24, 2.45) is 28.8 Å². The molecule has 3 aliphatic rings. The van der Waals surface area contributed by atoms with Gasteiger partial charge in [-0.05, 0) is 58.5 Å². The first kappa shape index (κ1) is 16.6. The van der Waals surface area contributed by atoms with E-state index in [1.54, 1.807) is 20.3 Å². The second-order valence-corrected chi connectivity index (χ2v) is 7.63. The summed E-state index contributed by atoms with van der Waals surface area (Å²) in [6.45, 7) is 0. The van der Waals surface area contributed by atoms with Gasteiger partial charge in [0.15, 0.2) is 11.5 Å². The molecule has 7 heteroatoms. The summed E-state index contributed by atoms with van der Waals surface area (Å²) in [7, 11) is 3.14. The molecule has 2 bridgehead atoms. The van der Waals surface area contributed by atoms with E-state index in [2.05, 4.69) is 39.8 Å². The number of nitrogens with zero attached hydrogens (tertiary/aromatic N) is 2. The van der Waals surface area contributed by atoms with Gasteiger partial charge in [-0.2, -0.15) is 10.1 Å². The predicted molar refractivity (Wildman–Crippen MR) is 99.4 cm³/mol. The van der Waals surface area contributed by atoms with Crippen molar-refractivity contribution >= 4 is 40.6 Å². The van der Waals surface area contributed by atoms with Crippen LogP contribution < -0.4 is 9.47 Å². The largest absolute Gasteiger partial charge is 0.493 e. The topological polar surface area (TPSA) is 68.2 Å². The molecule has 0 N–H and O–H groups in total. The fraction of sp³-hybridized carbons (Fsp3) is 0.389. The van der Waals surface area contributed by atoms with Gasteiger partial charge < -0.3 is 9.47 Å². The van der Waals surface area contributed by atoms with E-state index in [0.717, 1.165) is 20.6 Å². The van der Waals surface area contributed by atoms with Gasteiger partial charge in [-0.25, -0.2) is 0 Å². The van der Waals surface area contributed by atoms with Crippen LogP contribution in [0.15, 0.2) is 29.4 Å². The van der Waals surface area contributed by atoms with E-state index in [9.17, 15) is 9.59 Å². The number of ether oxygens (including phenoxy) is 2. The lowest BCUT2D eigenvalue weighted by Crippen LogP contribution is -2.28. The molecular formula is C18H17IN2O4. The van der Waals surface area contributed by atoms with Crippen LogP contribution in [0.3, 0.4) is 0 Å². The van der Waals surface area contributed by atoms with E-state index in [-0.39, 0.29) is 35.5 Å². The molecule has 0 unspecified atom stereocenters. The monoisotopic (exact) mass is 452 g/mol. The number of hydrazone groups is 1. The maximum absolute atomic E-state index is 12.6. The van der Waals surface area contributed by atoms with Crippen molar-refractivity contribution < 1.29 is 19.1 Å². The van der Waals surface area contributed by atoms with Crippen molar-refractivity contribution in [2.45, 2.75) is 6.42 Å². The molecule has 2 fully saturated rings. The maximum atomic E-state index is 12.6. The molecule has 1 aromatic carbocycles. The number of imide groups is 1. The Morgan fingerprint density at radius 3 is 2.32 bits per heavy atom. The minimum absolute atomic E-state index is 0.182. The van der Waals surface area contributed by atoms with E-state index in [1.165, 1.54) is 6.21 Å². The first-order valence-electron chi connectivity index (χ1n) is 8.06. The summed E-state index contributed by atoms with van der Waals surface area (Å²) in [5.74, 6) is 0.772. The number of carbonyl (C=O) groups is 2. The molecule has 1 saturated carbocycles. The van der Waals surface area contributed by atoms with Crippen LogP contribution in [0.5, 0.6) is 11.5 Å². The van der Waals surface area contributed by atoms with Gasteiger partial charge in [0.05, 0.1) is 35.8 Å². The average Bonchev–Trinajstić information content (AvgIpc) is 3.27. The second-order valence-electron chi connectivity index (χ2n) is 6.47. The number of rotatable bonds is 4. The van der Waals surface area contributed by atoms with Crippen molar-refractivity contribution in [3.8, 4) is 11.5 Å². The normalized spacial score (nSPS) is 29.8. The Kier molecular flexibility index (Phi) is 4.05. The Morgan fingerprint density at radius 2 is 1.76 bits per heavy atom. The quantitative estimate of drug-likeness (QED) is 0.305. The summed E-state index contributed by atoms with van der Waals surface area (Å²) in [4.78, 5) is 25.2. The van der Waals surface area contributed by atoms with Crippen LogP contribution in [0.4, 0.5) is 0 Å². The molecule has 1 aromatic rings. The molecule has 4 rings (SSSR count). The number of hydrogen-bond donors (Lipinski definition) is 0. The number of hydrogen-bond acceptors (Lipinski definition) is 5. The third-order valence-corrected chi connectivity index (χ3v) is 6.03. The summed E-state index contributed by atoms with van der Waals surface area (Å²) < 4.78 is 11.5. The van der Waals surface area contributed by atoms with Crippen LogP contribution in [0.25, 0.3) is 0 Å². The molecule has 6 nitrogen and oxygen atoms in total. The van der Waals surface area contributed by atoms with Crippen molar-refractivity contribution in [3.05, 3.63) is 33.4 Å². The van der Waals surface area contributed by atoms with Gasteiger partial charge in [-0.1, -0.05) is 12.2 Å². The molecule has 1 saturated heterocycles. The van der Waals surface area contributed by atoms with Crippen molar-refractivity contribution in [2.75, 3.05) is 14.2 Å². The van der Waals surface area contributed by atoms with Crippen LogP contribution in [0.1, 0.15) is 12.0 Å². The number of allylic oxidation sites excluding steroid dienone is 2. The zero-order chi connectivity index (χ0) is 17.7. The Balaban J connectivity index is 1.60. The van der Waals surface area contributed by atoms with E-state index in [0.29, 0.717) is 11.5 Å². The lowest BCUT2D eigenvalue weighted by molar-refractivity contribution is -0.140. The van der Waals surface area contributed by atoms with Crippen molar-refractivity contribution in [3.63, 3.8) is 0 Å². The fourth-order valence-electron chi connectivity index (χ4n) is 4.14. The number of halogens is 1.